The monoisotopic (exact) mass is 281 g/mol. The van der Waals surface area contributed by atoms with Crippen molar-refractivity contribution in [1.29, 1.82) is 0 Å². The van der Waals surface area contributed by atoms with E-state index in [1.165, 1.54) is 0 Å². The standard InChI is InChI=1S/C13H13Cl2N3/c1-8-6-18-12(7-17-8)13(16-2)9-3-4-10(14)11(15)5-9/h3-7,13,16H,1-2H3. The minimum Gasteiger partial charge on any atom is -0.308 e. The first-order valence-corrected chi connectivity index (χ1v) is 6.28. The maximum Gasteiger partial charge on any atom is 0.0801 e. The zero-order valence-corrected chi connectivity index (χ0v) is 11.6. The van der Waals surface area contributed by atoms with Crippen molar-refractivity contribution in [3.05, 3.63) is 57.6 Å². The molecule has 0 saturated heterocycles. The molecular formula is C13H13Cl2N3. The Hall–Kier alpha value is -1.16. The van der Waals surface area contributed by atoms with Crippen LogP contribution in [0, 0.1) is 6.92 Å². The number of benzene rings is 1. The molecule has 18 heavy (non-hydrogen) atoms. The quantitative estimate of drug-likeness (QED) is 0.937. The van der Waals surface area contributed by atoms with E-state index in [1.807, 2.05) is 26.1 Å². The van der Waals surface area contributed by atoms with Crippen LogP contribution in [0.2, 0.25) is 10.0 Å². The lowest BCUT2D eigenvalue weighted by Gasteiger charge is -2.16. The van der Waals surface area contributed by atoms with E-state index in [2.05, 4.69) is 15.3 Å². The molecule has 2 aromatic rings. The van der Waals surface area contributed by atoms with Crippen molar-refractivity contribution in [3.63, 3.8) is 0 Å². The van der Waals surface area contributed by atoms with E-state index < -0.39 is 0 Å². The Bertz CT molecular complexity index is 540. The van der Waals surface area contributed by atoms with E-state index in [4.69, 9.17) is 23.2 Å². The van der Waals surface area contributed by atoms with Crippen LogP contribution in [0.5, 0.6) is 0 Å². The Morgan fingerprint density at radius 2 is 1.89 bits per heavy atom. The second kappa shape index (κ2) is 5.65. The molecule has 1 N–H and O–H groups in total. The molecule has 0 amide bonds. The van der Waals surface area contributed by atoms with E-state index in [1.54, 1.807) is 18.5 Å². The first-order chi connectivity index (χ1) is 8.61. The lowest BCUT2D eigenvalue weighted by Crippen LogP contribution is -2.19. The molecule has 0 bridgehead atoms. The number of aromatic nitrogens is 2. The maximum atomic E-state index is 6.03. The van der Waals surface area contributed by atoms with Gasteiger partial charge in [-0.3, -0.25) is 9.97 Å². The Balaban J connectivity index is 2.38. The third kappa shape index (κ3) is 2.80. The summed E-state index contributed by atoms with van der Waals surface area (Å²) in [6.07, 6.45) is 3.51. The third-order valence-electron chi connectivity index (χ3n) is 2.66. The van der Waals surface area contributed by atoms with E-state index in [0.29, 0.717) is 10.0 Å². The Morgan fingerprint density at radius 3 is 2.44 bits per heavy atom. The van der Waals surface area contributed by atoms with Crippen molar-refractivity contribution in [1.82, 2.24) is 15.3 Å². The van der Waals surface area contributed by atoms with Crippen molar-refractivity contribution in [2.45, 2.75) is 13.0 Å². The fourth-order valence-corrected chi connectivity index (χ4v) is 2.04. The fraction of sp³-hybridized carbons (Fsp3) is 0.231. The molecule has 1 aromatic heterocycles. The lowest BCUT2D eigenvalue weighted by atomic mass is 10.0. The highest BCUT2D eigenvalue weighted by atomic mass is 35.5. The lowest BCUT2D eigenvalue weighted by molar-refractivity contribution is 0.665. The van der Waals surface area contributed by atoms with Crippen LogP contribution in [-0.4, -0.2) is 17.0 Å². The summed E-state index contributed by atoms with van der Waals surface area (Å²) in [6.45, 7) is 1.91. The summed E-state index contributed by atoms with van der Waals surface area (Å²) in [7, 11) is 1.87. The third-order valence-corrected chi connectivity index (χ3v) is 3.40. The zero-order valence-electron chi connectivity index (χ0n) is 10.1. The maximum absolute atomic E-state index is 6.03. The molecule has 1 heterocycles. The molecule has 5 heteroatoms. The van der Waals surface area contributed by atoms with Gasteiger partial charge in [-0.05, 0) is 31.7 Å². The van der Waals surface area contributed by atoms with Crippen molar-refractivity contribution in [2.75, 3.05) is 7.05 Å². The molecule has 1 atom stereocenters. The number of rotatable bonds is 3. The van der Waals surface area contributed by atoms with Crippen LogP contribution in [-0.2, 0) is 0 Å². The molecular weight excluding hydrogens is 269 g/mol. The van der Waals surface area contributed by atoms with E-state index in [9.17, 15) is 0 Å². The smallest absolute Gasteiger partial charge is 0.0801 e. The number of halogens is 2. The zero-order chi connectivity index (χ0) is 13.1. The fourth-order valence-electron chi connectivity index (χ4n) is 1.73. The van der Waals surface area contributed by atoms with Crippen molar-refractivity contribution in [3.8, 4) is 0 Å². The van der Waals surface area contributed by atoms with Crippen LogP contribution in [0.3, 0.4) is 0 Å². The van der Waals surface area contributed by atoms with Gasteiger partial charge in [-0.1, -0.05) is 29.3 Å². The predicted octanol–water partition coefficient (Wildman–Crippen LogP) is 3.40. The van der Waals surface area contributed by atoms with Crippen molar-refractivity contribution >= 4 is 23.2 Å². The van der Waals surface area contributed by atoms with Gasteiger partial charge in [-0.15, -0.1) is 0 Å². The first-order valence-electron chi connectivity index (χ1n) is 5.52. The second-order valence-corrected chi connectivity index (χ2v) is 4.79. The molecule has 0 fully saturated rings. The van der Waals surface area contributed by atoms with Gasteiger partial charge in [0.15, 0.2) is 0 Å². The summed E-state index contributed by atoms with van der Waals surface area (Å²) in [5.41, 5.74) is 2.74. The van der Waals surface area contributed by atoms with Crippen LogP contribution < -0.4 is 5.32 Å². The Morgan fingerprint density at radius 1 is 1.11 bits per heavy atom. The summed E-state index contributed by atoms with van der Waals surface area (Å²) in [4.78, 5) is 8.63. The molecule has 94 valence electrons. The van der Waals surface area contributed by atoms with Crippen molar-refractivity contribution < 1.29 is 0 Å². The van der Waals surface area contributed by atoms with Gasteiger partial charge in [-0.25, -0.2) is 0 Å². The van der Waals surface area contributed by atoms with E-state index >= 15 is 0 Å². The summed E-state index contributed by atoms with van der Waals surface area (Å²) in [6, 6.07) is 5.50. The number of hydrogen-bond donors (Lipinski definition) is 1. The number of nitrogens with zero attached hydrogens (tertiary/aromatic N) is 2. The van der Waals surface area contributed by atoms with Crippen LogP contribution in [0.15, 0.2) is 30.6 Å². The largest absolute Gasteiger partial charge is 0.308 e. The molecule has 0 spiro atoms. The molecule has 3 nitrogen and oxygen atoms in total. The average molecular weight is 282 g/mol. The van der Waals surface area contributed by atoms with Gasteiger partial charge in [0.1, 0.15) is 0 Å². The summed E-state index contributed by atoms with van der Waals surface area (Å²) in [5, 5.41) is 4.28. The molecule has 0 aliphatic heterocycles. The van der Waals surface area contributed by atoms with Gasteiger partial charge in [-0.2, -0.15) is 0 Å². The summed E-state index contributed by atoms with van der Waals surface area (Å²) < 4.78 is 0. The van der Waals surface area contributed by atoms with E-state index in [0.717, 1.165) is 17.0 Å². The number of nitrogens with one attached hydrogen (secondary N) is 1. The van der Waals surface area contributed by atoms with Crippen LogP contribution >= 0.6 is 23.2 Å². The predicted molar refractivity (Wildman–Crippen MR) is 74.1 cm³/mol. The highest BCUT2D eigenvalue weighted by Crippen LogP contribution is 2.27. The van der Waals surface area contributed by atoms with Gasteiger partial charge >= 0.3 is 0 Å². The minimum atomic E-state index is -0.0483. The van der Waals surface area contributed by atoms with Gasteiger partial charge in [0, 0.05) is 6.20 Å². The van der Waals surface area contributed by atoms with Gasteiger partial charge in [0.05, 0.1) is 33.7 Å². The highest BCUT2D eigenvalue weighted by Gasteiger charge is 2.14. The van der Waals surface area contributed by atoms with Gasteiger partial charge < -0.3 is 5.32 Å². The van der Waals surface area contributed by atoms with Crippen LogP contribution in [0.4, 0.5) is 0 Å². The minimum absolute atomic E-state index is 0.0483. The molecule has 0 saturated carbocycles. The van der Waals surface area contributed by atoms with Crippen LogP contribution in [0.1, 0.15) is 23.0 Å². The first kappa shape index (κ1) is 13.3. The Labute approximate surface area is 116 Å². The molecule has 2 rings (SSSR count). The normalized spacial score (nSPS) is 12.4. The van der Waals surface area contributed by atoms with Gasteiger partial charge in [0.2, 0.25) is 0 Å². The van der Waals surface area contributed by atoms with Gasteiger partial charge in [0.25, 0.3) is 0 Å². The summed E-state index contributed by atoms with van der Waals surface area (Å²) >= 11 is 11.9. The average Bonchev–Trinajstić information content (AvgIpc) is 2.37. The molecule has 0 radical (unpaired) electrons. The second-order valence-electron chi connectivity index (χ2n) is 3.98. The molecule has 1 unspecified atom stereocenters. The Kier molecular flexibility index (Phi) is 4.17. The van der Waals surface area contributed by atoms with Crippen LogP contribution in [0.25, 0.3) is 0 Å². The summed E-state index contributed by atoms with van der Waals surface area (Å²) in [5.74, 6) is 0. The molecule has 0 aliphatic rings. The number of aryl methyl sites for hydroxylation is 1. The number of hydrogen-bond acceptors (Lipinski definition) is 3. The van der Waals surface area contributed by atoms with E-state index in [-0.39, 0.29) is 6.04 Å². The molecule has 1 aromatic carbocycles. The topological polar surface area (TPSA) is 37.8 Å². The highest BCUT2D eigenvalue weighted by molar-refractivity contribution is 6.42. The van der Waals surface area contributed by atoms with Crippen molar-refractivity contribution in [2.24, 2.45) is 0 Å². The molecule has 0 aliphatic carbocycles. The SMILES string of the molecule is CNC(c1ccc(Cl)c(Cl)c1)c1cnc(C)cn1.